The van der Waals surface area contributed by atoms with Gasteiger partial charge in [0, 0.05) is 31.2 Å². The van der Waals surface area contributed by atoms with Crippen molar-refractivity contribution in [1.82, 2.24) is 34.2 Å². The number of fused-ring (bicyclic) bond motifs is 1. The van der Waals surface area contributed by atoms with Crippen LogP contribution in [0.2, 0.25) is 0 Å². The zero-order valence-electron chi connectivity index (χ0n) is 27.1. The van der Waals surface area contributed by atoms with Crippen LogP contribution < -0.4 is 5.32 Å². The molecule has 1 fully saturated rings. The van der Waals surface area contributed by atoms with E-state index >= 15 is 0 Å². The molecule has 0 saturated carbocycles. The molecular weight excluding hydrogens is 558 g/mol. The third-order valence-electron chi connectivity index (χ3n) is 9.21. The Balaban J connectivity index is 1.09. The molecular formula is C36H51N9. The Morgan fingerprint density at radius 1 is 0.956 bits per heavy atom. The third kappa shape index (κ3) is 9.61. The van der Waals surface area contributed by atoms with E-state index in [0.717, 1.165) is 55.2 Å². The molecule has 4 aromatic heterocycles. The molecule has 1 unspecified atom stereocenters. The van der Waals surface area contributed by atoms with Gasteiger partial charge in [-0.25, -0.2) is 19.9 Å². The van der Waals surface area contributed by atoms with E-state index in [2.05, 4.69) is 44.4 Å². The second-order valence-corrected chi connectivity index (χ2v) is 12.7. The molecule has 1 aliphatic rings. The van der Waals surface area contributed by atoms with E-state index in [1.165, 1.54) is 83.5 Å². The van der Waals surface area contributed by atoms with Crippen molar-refractivity contribution in [3.8, 4) is 17.6 Å². The van der Waals surface area contributed by atoms with Crippen LogP contribution in [0.15, 0.2) is 49.3 Å². The summed E-state index contributed by atoms with van der Waals surface area (Å²) in [4.78, 5) is 24.4. The summed E-state index contributed by atoms with van der Waals surface area (Å²) in [7, 11) is 0. The standard InChI is InChI=1S/C36H51N9/c1-2-3-4-5-6-7-8-9-10-11-12-13-14-17-32(31-24-38-28-41-31)44-22-15-16-30(27-44)42-34-20-21-39-36(43-34)33-25-40-35-19-18-29(23-37)26-45(33)35/h18-21,24-26,28,30,32H,2-17,22,27H2,1H3,(H,38,41)(H,39,42,43)/t30-,32?/m1/s1. The van der Waals surface area contributed by atoms with Gasteiger partial charge in [-0.15, -0.1) is 0 Å². The zero-order chi connectivity index (χ0) is 31.1. The predicted octanol–water partition coefficient (Wildman–Crippen LogP) is 8.48. The maximum absolute atomic E-state index is 9.35. The normalized spacial score (nSPS) is 16.1. The Kier molecular flexibility index (Phi) is 12.8. The largest absolute Gasteiger partial charge is 0.366 e. The summed E-state index contributed by atoms with van der Waals surface area (Å²) in [5.41, 5.74) is 3.26. The van der Waals surface area contributed by atoms with Crippen molar-refractivity contribution < 1.29 is 0 Å². The average molecular weight is 610 g/mol. The maximum Gasteiger partial charge on any atom is 0.180 e. The average Bonchev–Trinajstić information content (AvgIpc) is 3.76. The molecule has 0 radical (unpaired) electrons. The number of likely N-dealkylation sites (tertiary alicyclic amines) is 1. The lowest BCUT2D eigenvalue weighted by Crippen LogP contribution is -2.44. The first kappa shape index (κ1) is 32.6. The van der Waals surface area contributed by atoms with Gasteiger partial charge in [-0.2, -0.15) is 5.26 Å². The number of pyridine rings is 1. The molecule has 240 valence electrons. The Morgan fingerprint density at radius 3 is 2.42 bits per heavy atom. The maximum atomic E-state index is 9.35. The van der Waals surface area contributed by atoms with Crippen LogP contribution in [0.25, 0.3) is 17.2 Å². The number of piperidine rings is 1. The number of nitrogens with one attached hydrogen (secondary N) is 2. The summed E-state index contributed by atoms with van der Waals surface area (Å²) in [5.74, 6) is 1.40. The number of aromatic nitrogens is 6. The molecule has 0 amide bonds. The van der Waals surface area contributed by atoms with E-state index in [0.29, 0.717) is 23.5 Å². The Bertz CT molecular complexity index is 1450. The highest BCUT2D eigenvalue weighted by molar-refractivity contribution is 5.59. The number of H-pyrrole nitrogens is 1. The van der Waals surface area contributed by atoms with Gasteiger partial charge in [-0.05, 0) is 44.0 Å². The SMILES string of the molecule is CCCCCCCCCCCCCCCC(c1c[nH]cn1)N1CCC[C@@H](Nc2ccnc(-c3cnc4ccc(C#N)cn34)n2)C1. The first-order valence-electron chi connectivity index (χ1n) is 17.4. The number of nitriles is 1. The quantitative estimate of drug-likeness (QED) is 0.103. The third-order valence-corrected chi connectivity index (χ3v) is 9.21. The predicted molar refractivity (Wildman–Crippen MR) is 181 cm³/mol. The molecule has 0 bridgehead atoms. The van der Waals surface area contributed by atoms with Crippen molar-refractivity contribution >= 4 is 11.5 Å². The minimum Gasteiger partial charge on any atom is -0.366 e. The molecule has 5 heterocycles. The van der Waals surface area contributed by atoms with Gasteiger partial charge >= 0.3 is 0 Å². The molecule has 9 heteroatoms. The fourth-order valence-corrected chi connectivity index (χ4v) is 6.72. The first-order valence-corrected chi connectivity index (χ1v) is 17.4. The molecule has 9 nitrogen and oxygen atoms in total. The molecule has 0 spiro atoms. The molecule has 1 aliphatic heterocycles. The highest BCUT2D eigenvalue weighted by Crippen LogP contribution is 2.29. The molecule has 1 saturated heterocycles. The lowest BCUT2D eigenvalue weighted by molar-refractivity contribution is 0.142. The molecule has 5 rings (SSSR count). The lowest BCUT2D eigenvalue weighted by Gasteiger charge is -2.38. The number of anilines is 1. The Labute approximate surface area is 268 Å². The second kappa shape index (κ2) is 17.6. The van der Waals surface area contributed by atoms with Crippen molar-refractivity contribution in [2.75, 3.05) is 18.4 Å². The molecule has 0 aromatic carbocycles. The number of nitrogens with zero attached hydrogens (tertiary/aromatic N) is 7. The van der Waals surface area contributed by atoms with Crippen LogP contribution in [0.4, 0.5) is 5.82 Å². The molecule has 0 aliphatic carbocycles. The van der Waals surface area contributed by atoms with Crippen molar-refractivity contribution in [3.63, 3.8) is 0 Å². The molecule has 4 aromatic rings. The number of imidazole rings is 2. The fraction of sp³-hybridized carbons (Fsp3) is 0.583. The first-order chi connectivity index (χ1) is 22.2. The van der Waals surface area contributed by atoms with Gasteiger partial charge in [0.05, 0.1) is 29.8 Å². The van der Waals surface area contributed by atoms with Crippen LogP contribution >= 0.6 is 0 Å². The minimum absolute atomic E-state index is 0.293. The summed E-state index contributed by atoms with van der Waals surface area (Å²) in [6, 6.07) is 8.38. The minimum atomic E-state index is 0.293. The summed E-state index contributed by atoms with van der Waals surface area (Å²) in [6.07, 6.45) is 30.5. The summed E-state index contributed by atoms with van der Waals surface area (Å²) in [5, 5.41) is 13.0. The van der Waals surface area contributed by atoms with Gasteiger partial charge in [-0.1, -0.05) is 90.4 Å². The lowest BCUT2D eigenvalue weighted by atomic mass is 9.98. The van der Waals surface area contributed by atoms with Crippen molar-refractivity contribution in [2.45, 2.75) is 122 Å². The number of aromatic amines is 1. The van der Waals surface area contributed by atoms with E-state index in [4.69, 9.17) is 9.97 Å². The number of hydrogen-bond acceptors (Lipinski definition) is 7. The highest BCUT2D eigenvalue weighted by Gasteiger charge is 2.28. The van der Waals surface area contributed by atoms with Gasteiger partial charge in [0.15, 0.2) is 5.82 Å². The fourth-order valence-electron chi connectivity index (χ4n) is 6.72. The summed E-state index contributed by atoms with van der Waals surface area (Å²) in [6.45, 7) is 4.33. The van der Waals surface area contributed by atoms with Crippen molar-refractivity contribution in [3.05, 3.63) is 60.6 Å². The summed E-state index contributed by atoms with van der Waals surface area (Å²) < 4.78 is 1.88. The van der Waals surface area contributed by atoms with E-state index < -0.39 is 0 Å². The van der Waals surface area contributed by atoms with E-state index in [1.807, 2.05) is 22.9 Å². The number of rotatable bonds is 19. The summed E-state index contributed by atoms with van der Waals surface area (Å²) >= 11 is 0. The van der Waals surface area contributed by atoms with E-state index in [9.17, 15) is 5.26 Å². The van der Waals surface area contributed by atoms with Crippen LogP contribution in [0.1, 0.15) is 127 Å². The van der Waals surface area contributed by atoms with Crippen molar-refractivity contribution in [1.29, 1.82) is 5.26 Å². The van der Waals surface area contributed by atoms with Crippen LogP contribution in [0, 0.1) is 11.3 Å². The Morgan fingerprint density at radius 2 is 1.71 bits per heavy atom. The van der Waals surface area contributed by atoms with Gasteiger partial charge in [0.1, 0.15) is 23.2 Å². The second-order valence-electron chi connectivity index (χ2n) is 12.7. The zero-order valence-corrected chi connectivity index (χ0v) is 27.1. The molecule has 45 heavy (non-hydrogen) atoms. The molecule has 2 atom stereocenters. The van der Waals surface area contributed by atoms with E-state index in [1.54, 1.807) is 24.7 Å². The van der Waals surface area contributed by atoms with Crippen LogP contribution in [0.5, 0.6) is 0 Å². The van der Waals surface area contributed by atoms with Crippen LogP contribution in [0.3, 0.4) is 0 Å². The van der Waals surface area contributed by atoms with Gasteiger partial charge in [-0.3, -0.25) is 9.30 Å². The smallest absolute Gasteiger partial charge is 0.180 e. The van der Waals surface area contributed by atoms with Crippen molar-refractivity contribution in [2.24, 2.45) is 0 Å². The van der Waals surface area contributed by atoms with Crippen LogP contribution in [-0.2, 0) is 0 Å². The topological polar surface area (TPSA) is 111 Å². The van der Waals surface area contributed by atoms with Gasteiger partial charge in [0.2, 0.25) is 0 Å². The van der Waals surface area contributed by atoms with Crippen LogP contribution in [-0.4, -0.2) is 53.4 Å². The van der Waals surface area contributed by atoms with Gasteiger partial charge < -0.3 is 10.3 Å². The Hall–Kier alpha value is -3.77. The number of hydrogen-bond donors (Lipinski definition) is 2. The molecule has 2 N–H and O–H groups in total. The number of unbranched alkanes of at least 4 members (excludes halogenated alkanes) is 12. The van der Waals surface area contributed by atoms with Gasteiger partial charge in [0.25, 0.3) is 0 Å². The van der Waals surface area contributed by atoms with E-state index in [-0.39, 0.29) is 0 Å². The monoisotopic (exact) mass is 609 g/mol. The highest BCUT2D eigenvalue weighted by atomic mass is 15.2.